The molecular formula is C13H13N5O4-2. The highest BCUT2D eigenvalue weighted by molar-refractivity contribution is 5.82. The van der Waals surface area contributed by atoms with E-state index in [0.717, 1.165) is 17.2 Å². The van der Waals surface area contributed by atoms with E-state index in [4.69, 9.17) is 10.4 Å². The van der Waals surface area contributed by atoms with Crippen LogP contribution in [0.3, 0.4) is 0 Å². The van der Waals surface area contributed by atoms with E-state index in [1.54, 1.807) is 12.4 Å². The van der Waals surface area contributed by atoms with Gasteiger partial charge in [0.1, 0.15) is 5.69 Å². The number of nitrogens with zero attached hydrogens (tertiary/aromatic N) is 4. The van der Waals surface area contributed by atoms with Crippen molar-refractivity contribution in [3.05, 3.63) is 58.2 Å². The van der Waals surface area contributed by atoms with Crippen molar-refractivity contribution in [3.8, 4) is 0 Å². The second kappa shape index (κ2) is 6.83. The van der Waals surface area contributed by atoms with E-state index in [1.165, 1.54) is 18.3 Å². The molecule has 0 saturated heterocycles. The maximum atomic E-state index is 10.7. The van der Waals surface area contributed by atoms with Crippen LogP contribution in [0.2, 0.25) is 0 Å². The lowest BCUT2D eigenvalue weighted by Gasteiger charge is -2.37. The maximum absolute atomic E-state index is 10.7. The number of hydrazone groups is 1. The molecule has 0 atom stereocenters. The zero-order valence-corrected chi connectivity index (χ0v) is 11.5. The Labute approximate surface area is 125 Å². The van der Waals surface area contributed by atoms with Crippen LogP contribution in [0.5, 0.6) is 0 Å². The molecule has 1 aromatic carbocycles. The van der Waals surface area contributed by atoms with Crippen molar-refractivity contribution in [2.24, 2.45) is 5.10 Å². The highest BCUT2D eigenvalue weighted by atomic mass is 16.8. The molecule has 22 heavy (non-hydrogen) atoms. The second-order valence-electron chi connectivity index (χ2n) is 4.35. The van der Waals surface area contributed by atoms with Crippen LogP contribution >= 0.6 is 0 Å². The average Bonchev–Trinajstić information content (AvgIpc) is 2.49. The van der Waals surface area contributed by atoms with Crippen molar-refractivity contribution in [1.29, 1.82) is 0 Å². The molecule has 0 bridgehead atoms. The molecule has 0 amide bonds. The van der Waals surface area contributed by atoms with Crippen molar-refractivity contribution >= 4 is 23.3 Å². The lowest BCUT2D eigenvalue weighted by molar-refractivity contribution is 0.0295. The Morgan fingerprint density at radius 1 is 1.27 bits per heavy atom. The van der Waals surface area contributed by atoms with Crippen LogP contribution in [0.4, 0.5) is 17.1 Å². The molecule has 0 radical (unpaired) electrons. The predicted octanol–water partition coefficient (Wildman–Crippen LogP) is 2.22. The van der Waals surface area contributed by atoms with Crippen molar-refractivity contribution < 1.29 is 10.4 Å². The third kappa shape index (κ3) is 3.68. The summed E-state index contributed by atoms with van der Waals surface area (Å²) >= 11 is 0. The number of nitrogens with one attached hydrogen (secondary N) is 1. The number of anilines is 3. The molecule has 1 aromatic heterocycles. The number of hydrogen-bond donors (Lipinski definition) is 3. The molecule has 1 heterocycles. The summed E-state index contributed by atoms with van der Waals surface area (Å²) < 4.78 is 0. The summed E-state index contributed by atoms with van der Waals surface area (Å²) in [7, 11) is 0. The van der Waals surface area contributed by atoms with Gasteiger partial charge in [-0.3, -0.25) is 20.8 Å². The minimum atomic E-state index is -0.640. The normalized spacial score (nSPS) is 10.8. The Morgan fingerprint density at radius 3 is 2.68 bits per heavy atom. The fourth-order valence-electron chi connectivity index (χ4n) is 1.68. The Kier molecular flexibility index (Phi) is 4.86. The number of pyridine rings is 1. The topological polar surface area (TPSA) is 130 Å². The van der Waals surface area contributed by atoms with Gasteiger partial charge in [-0.15, -0.1) is 5.23 Å². The van der Waals surface area contributed by atoms with Crippen molar-refractivity contribution in [1.82, 2.24) is 4.98 Å². The Morgan fingerprint density at radius 2 is 2.05 bits per heavy atom. The summed E-state index contributed by atoms with van der Waals surface area (Å²) in [5, 5.41) is 42.8. The van der Waals surface area contributed by atoms with Crippen LogP contribution in [0, 0.1) is 17.3 Å². The number of rotatable bonds is 5. The molecule has 0 spiro atoms. The molecule has 0 unspecified atom stereocenters. The fraction of sp³-hybridized carbons (Fsp3) is 0.0769. The van der Waals surface area contributed by atoms with Gasteiger partial charge in [0.05, 0.1) is 11.9 Å². The lowest BCUT2D eigenvalue weighted by Crippen LogP contribution is -2.14. The van der Waals surface area contributed by atoms with Gasteiger partial charge >= 0.3 is 0 Å². The minimum Gasteiger partial charge on any atom is -0.769 e. The van der Waals surface area contributed by atoms with E-state index in [1.807, 2.05) is 13.0 Å². The molecule has 0 aliphatic heterocycles. The largest absolute Gasteiger partial charge is 0.769 e. The molecule has 3 N–H and O–H groups in total. The van der Waals surface area contributed by atoms with Gasteiger partial charge < -0.3 is 15.6 Å². The highest BCUT2D eigenvalue weighted by Gasteiger charge is 2.08. The predicted molar refractivity (Wildman–Crippen MR) is 81.9 cm³/mol. The SMILES string of the molecule is Cc1ccncc1C=NNc1ccc(N([O-])[O-])cc1N(O)O. The van der Waals surface area contributed by atoms with Gasteiger partial charge in [0.15, 0.2) is 0 Å². The van der Waals surface area contributed by atoms with E-state index in [9.17, 15) is 10.4 Å². The van der Waals surface area contributed by atoms with Crippen LogP contribution < -0.4 is 15.9 Å². The smallest absolute Gasteiger partial charge is 0.121 e. The van der Waals surface area contributed by atoms with Crippen LogP contribution in [0.15, 0.2) is 41.8 Å². The molecule has 0 fully saturated rings. The van der Waals surface area contributed by atoms with Crippen LogP contribution in [0.1, 0.15) is 11.1 Å². The van der Waals surface area contributed by atoms with Crippen molar-refractivity contribution in [3.63, 3.8) is 0 Å². The first-order valence-electron chi connectivity index (χ1n) is 6.15. The van der Waals surface area contributed by atoms with Gasteiger partial charge in [-0.1, -0.05) is 0 Å². The molecule has 0 saturated carbocycles. The van der Waals surface area contributed by atoms with Crippen LogP contribution in [0.25, 0.3) is 0 Å². The van der Waals surface area contributed by atoms with Gasteiger partial charge in [0.2, 0.25) is 0 Å². The van der Waals surface area contributed by atoms with Crippen LogP contribution in [-0.4, -0.2) is 21.6 Å². The zero-order valence-electron chi connectivity index (χ0n) is 11.5. The molecular weight excluding hydrogens is 290 g/mol. The summed E-state index contributed by atoms with van der Waals surface area (Å²) in [6.07, 6.45) is 4.79. The summed E-state index contributed by atoms with van der Waals surface area (Å²) in [4.78, 5) is 3.97. The van der Waals surface area contributed by atoms with Gasteiger partial charge in [0.25, 0.3) is 0 Å². The first-order valence-corrected chi connectivity index (χ1v) is 6.15. The molecule has 116 valence electrons. The quantitative estimate of drug-likeness (QED) is 0.566. The van der Waals surface area contributed by atoms with E-state index >= 15 is 0 Å². The summed E-state index contributed by atoms with van der Waals surface area (Å²) in [6, 6.07) is 5.37. The standard InChI is InChI=1S/C13H13N5O4/c1-9-4-5-14-7-10(9)8-15-16-12-3-2-11(17(19)20)6-13(12)18(21)22/h2-8,16,21-22H,1H3/q-2. The van der Waals surface area contributed by atoms with Crippen LogP contribution in [-0.2, 0) is 0 Å². The first-order chi connectivity index (χ1) is 10.5. The molecule has 0 aliphatic carbocycles. The van der Waals surface area contributed by atoms with E-state index in [-0.39, 0.29) is 22.3 Å². The monoisotopic (exact) mass is 303 g/mol. The highest BCUT2D eigenvalue weighted by Crippen LogP contribution is 2.29. The van der Waals surface area contributed by atoms with E-state index in [2.05, 4.69) is 15.5 Å². The molecule has 2 aromatic rings. The van der Waals surface area contributed by atoms with Gasteiger partial charge in [-0.2, -0.15) is 5.10 Å². The number of aryl methyl sites for hydroxylation is 1. The van der Waals surface area contributed by atoms with Crippen molar-refractivity contribution in [2.45, 2.75) is 6.92 Å². The van der Waals surface area contributed by atoms with Gasteiger partial charge in [-0.25, -0.2) is 0 Å². The van der Waals surface area contributed by atoms with Gasteiger partial charge in [0, 0.05) is 23.6 Å². The second-order valence-corrected chi connectivity index (χ2v) is 4.35. The summed E-state index contributed by atoms with van der Waals surface area (Å²) in [5.41, 5.74) is 4.05. The number of aromatic nitrogens is 1. The third-order valence-corrected chi connectivity index (χ3v) is 2.88. The van der Waals surface area contributed by atoms with Crippen molar-refractivity contribution in [2.75, 3.05) is 15.9 Å². The first kappa shape index (κ1) is 15.7. The Balaban J connectivity index is 2.21. The molecule has 0 aliphatic rings. The molecule has 2 rings (SSSR count). The maximum Gasteiger partial charge on any atom is 0.121 e. The third-order valence-electron chi connectivity index (χ3n) is 2.88. The fourth-order valence-corrected chi connectivity index (χ4v) is 1.68. The number of benzene rings is 1. The Bertz CT molecular complexity index is 675. The Hall–Kier alpha value is -2.72. The number of hydrogen-bond acceptors (Lipinski definition) is 9. The average molecular weight is 303 g/mol. The molecule has 9 nitrogen and oxygen atoms in total. The van der Waals surface area contributed by atoms with E-state index in [0.29, 0.717) is 0 Å². The lowest BCUT2D eigenvalue weighted by atomic mass is 10.2. The van der Waals surface area contributed by atoms with Gasteiger partial charge in [-0.05, 0) is 36.8 Å². The summed E-state index contributed by atoms with van der Waals surface area (Å²) in [6.45, 7) is 1.89. The summed E-state index contributed by atoms with van der Waals surface area (Å²) in [5.74, 6) is 0. The minimum absolute atomic E-state index is 0.188. The molecule has 9 heteroatoms. The zero-order chi connectivity index (χ0) is 16.1. The van der Waals surface area contributed by atoms with E-state index < -0.39 is 5.23 Å².